The highest BCUT2D eigenvalue weighted by Crippen LogP contribution is 2.30. The average Bonchev–Trinajstić information content (AvgIpc) is 3.23. The summed E-state index contributed by atoms with van der Waals surface area (Å²) in [6, 6.07) is 14.0. The van der Waals surface area contributed by atoms with Crippen LogP contribution in [0.3, 0.4) is 0 Å². The summed E-state index contributed by atoms with van der Waals surface area (Å²) in [7, 11) is 3.08. The Kier molecular flexibility index (Phi) is 6.37. The van der Waals surface area contributed by atoms with Crippen LogP contribution in [0.2, 0.25) is 0 Å². The summed E-state index contributed by atoms with van der Waals surface area (Å²) < 4.78 is 15.8. The molecule has 1 N–H and O–H groups in total. The van der Waals surface area contributed by atoms with Gasteiger partial charge in [0.1, 0.15) is 12.6 Å². The van der Waals surface area contributed by atoms with Crippen LogP contribution >= 0.6 is 0 Å². The van der Waals surface area contributed by atoms with Crippen molar-refractivity contribution in [3.63, 3.8) is 0 Å². The highest BCUT2D eigenvalue weighted by molar-refractivity contribution is 5.97. The van der Waals surface area contributed by atoms with Crippen LogP contribution in [0.25, 0.3) is 0 Å². The van der Waals surface area contributed by atoms with Gasteiger partial charge in [0.15, 0.2) is 11.5 Å². The lowest BCUT2D eigenvalue weighted by atomic mass is 10.2. The first-order chi connectivity index (χ1) is 13.6. The molecule has 1 saturated heterocycles. The Labute approximate surface area is 164 Å². The fraction of sp³-hybridized carbons (Fsp3) is 0.333. The normalized spacial score (nSPS) is 15.8. The third kappa shape index (κ3) is 4.54. The van der Waals surface area contributed by atoms with E-state index in [0.717, 1.165) is 12.0 Å². The minimum atomic E-state index is -0.559. The van der Waals surface area contributed by atoms with E-state index in [1.54, 1.807) is 25.3 Å². The summed E-state index contributed by atoms with van der Waals surface area (Å²) in [5.74, 6) is 0.847. The van der Waals surface area contributed by atoms with E-state index in [1.807, 2.05) is 30.3 Å². The number of benzene rings is 2. The van der Waals surface area contributed by atoms with Crippen molar-refractivity contribution in [1.82, 2.24) is 4.90 Å². The van der Waals surface area contributed by atoms with Crippen LogP contribution in [-0.4, -0.2) is 43.7 Å². The van der Waals surface area contributed by atoms with Crippen molar-refractivity contribution in [2.75, 3.05) is 26.1 Å². The lowest BCUT2D eigenvalue weighted by molar-refractivity contribution is -0.120. The van der Waals surface area contributed by atoms with Gasteiger partial charge in [0, 0.05) is 18.3 Å². The predicted octanol–water partition coefficient (Wildman–Crippen LogP) is 3.44. The molecule has 1 unspecified atom stereocenters. The Hall–Kier alpha value is -3.22. The van der Waals surface area contributed by atoms with Crippen molar-refractivity contribution in [3.8, 4) is 11.5 Å². The smallest absolute Gasteiger partial charge is 0.410 e. The summed E-state index contributed by atoms with van der Waals surface area (Å²) in [5.41, 5.74) is 1.48. The van der Waals surface area contributed by atoms with Gasteiger partial charge >= 0.3 is 6.09 Å². The number of rotatable bonds is 6. The number of likely N-dealkylation sites (tertiary alicyclic amines) is 1. The maximum atomic E-state index is 12.7. The number of nitrogens with one attached hydrogen (secondary N) is 1. The fourth-order valence-electron chi connectivity index (χ4n) is 3.20. The second-order valence-corrected chi connectivity index (χ2v) is 6.45. The van der Waals surface area contributed by atoms with Gasteiger partial charge in [-0.25, -0.2) is 4.79 Å². The molecule has 2 amide bonds. The van der Waals surface area contributed by atoms with E-state index in [2.05, 4.69) is 5.32 Å². The maximum absolute atomic E-state index is 12.7. The number of hydrogen-bond acceptors (Lipinski definition) is 5. The minimum absolute atomic E-state index is 0.181. The maximum Gasteiger partial charge on any atom is 0.410 e. The molecule has 1 aliphatic heterocycles. The second-order valence-electron chi connectivity index (χ2n) is 6.45. The molecule has 1 aliphatic rings. The molecule has 2 aromatic rings. The van der Waals surface area contributed by atoms with Crippen LogP contribution in [0, 0.1) is 0 Å². The number of carbonyl (C=O) groups is 2. The first-order valence-electron chi connectivity index (χ1n) is 9.12. The number of ether oxygens (including phenoxy) is 3. The molecule has 1 atom stereocenters. The molecule has 28 heavy (non-hydrogen) atoms. The summed E-state index contributed by atoms with van der Waals surface area (Å²) in [6.45, 7) is 0.678. The molecule has 1 heterocycles. The number of nitrogens with zero attached hydrogens (tertiary/aromatic N) is 1. The van der Waals surface area contributed by atoms with Gasteiger partial charge in [0.05, 0.1) is 14.2 Å². The van der Waals surface area contributed by atoms with Crippen molar-refractivity contribution in [1.29, 1.82) is 0 Å². The van der Waals surface area contributed by atoms with E-state index in [0.29, 0.717) is 30.2 Å². The Balaban J connectivity index is 1.61. The molecule has 0 spiro atoms. The van der Waals surface area contributed by atoms with E-state index in [9.17, 15) is 9.59 Å². The minimum Gasteiger partial charge on any atom is -0.493 e. The molecular weight excluding hydrogens is 360 g/mol. The molecule has 0 radical (unpaired) electrons. The Morgan fingerprint density at radius 1 is 1.07 bits per heavy atom. The molecule has 0 bridgehead atoms. The van der Waals surface area contributed by atoms with E-state index >= 15 is 0 Å². The summed E-state index contributed by atoms with van der Waals surface area (Å²) >= 11 is 0. The van der Waals surface area contributed by atoms with Crippen molar-refractivity contribution < 1.29 is 23.8 Å². The predicted molar refractivity (Wildman–Crippen MR) is 105 cm³/mol. The summed E-state index contributed by atoms with van der Waals surface area (Å²) in [5, 5.41) is 2.84. The SMILES string of the molecule is COc1ccc(NC(=O)C2CCCN2C(=O)OCc2ccccc2)cc1OC. The van der Waals surface area contributed by atoms with Gasteiger partial charge in [-0.2, -0.15) is 0 Å². The molecule has 7 heteroatoms. The second kappa shape index (κ2) is 9.12. The summed E-state index contributed by atoms with van der Waals surface area (Å²) in [4.78, 5) is 26.7. The Bertz CT molecular complexity index is 825. The molecule has 3 rings (SSSR count). The van der Waals surface area contributed by atoms with Crippen molar-refractivity contribution in [2.45, 2.75) is 25.5 Å². The molecule has 0 aromatic heterocycles. The number of methoxy groups -OCH3 is 2. The largest absolute Gasteiger partial charge is 0.493 e. The number of anilines is 1. The fourth-order valence-corrected chi connectivity index (χ4v) is 3.20. The topological polar surface area (TPSA) is 77.1 Å². The zero-order chi connectivity index (χ0) is 19.9. The first-order valence-corrected chi connectivity index (χ1v) is 9.12. The van der Waals surface area contributed by atoms with Crippen molar-refractivity contribution in [3.05, 3.63) is 54.1 Å². The number of amides is 2. The Morgan fingerprint density at radius 2 is 1.82 bits per heavy atom. The van der Waals surface area contributed by atoms with Crippen LogP contribution in [0.4, 0.5) is 10.5 Å². The van der Waals surface area contributed by atoms with E-state index in [1.165, 1.54) is 12.0 Å². The molecule has 148 valence electrons. The summed E-state index contributed by atoms with van der Waals surface area (Å²) in [6.07, 6.45) is 0.873. The molecular formula is C21H24N2O5. The highest BCUT2D eigenvalue weighted by Gasteiger charge is 2.35. The Morgan fingerprint density at radius 3 is 2.54 bits per heavy atom. The molecule has 7 nitrogen and oxygen atoms in total. The quantitative estimate of drug-likeness (QED) is 0.826. The lowest BCUT2D eigenvalue weighted by Gasteiger charge is -2.23. The molecule has 0 aliphatic carbocycles. The third-order valence-corrected chi connectivity index (χ3v) is 4.65. The van der Waals surface area contributed by atoms with Gasteiger partial charge in [-0.15, -0.1) is 0 Å². The molecule has 2 aromatic carbocycles. The van der Waals surface area contributed by atoms with Crippen molar-refractivity contribution >= 4 is 17.7 Å². The van der Waals surface area contributed by atoms with Crippen LogP contribution in [0.15, 0.2) is 48.5 Å². The van der Waals surface area contributed by atoms with Gasteiger partial charge in [0.2, 0.25) is 5.91 Å². The molecule has 0 saturated carbocycles. The molecule has 1 fully saturated rings. The van der Waals surface area contributed by atoms with Gasteiger partial charge in [-0.1, -0.05) is 30.3 Å². The van der Waals surface area contributed by atoms with Gasteiger partial charge in [-0.05, 0) is 30.5 Å². The van der Waals surface area contributed by atoms with Gasteiger partial charge < -0.3 is 19.5 Å². The zero-order valence-electron chi connectivity index (χ0n) is 16.0. The van der Waals surface area contributed by atoms with Crippen LogP contribution in [-0.2, 0) is 16.1 Å². The third-order valence-electron chi connectivity index (χ3n) is 4.65. The number of hydrogen-bond donors (Lipinski definition) is 1. The first kappa shape index (κ1) is 19.5. The zero-order valence-corrected chi connectivity index (χ0v) is 16.0. The van der Waals surface area contributed by atoms with Crippen LogP contribution in [0.1, 0.15) is 18.4 Å². The lowest BCUT2D eigenvalue weighted by Crippen LogP contribution is -2.43. The monoisotopic (exact) mass is 384 g/mol. The van der Waals surface area contributed by atoms with E-state index in [-0.39, 0.29) is 12.5 Å². The van der Waals surface area contributed by atoms with Crippen molar-refractivity contribution in [2.24, 2.45) is 0 Å². The highest BCUT2D eigenvalue weighted by atomic mass is 16.6. The van der Waals surface area contributed by atoms with Crippen LogP contribution in [0.5, 0.6) is 11.5 Å². The standard InChI is InChI=1S/C21H24N2O5/c1-26-18-11-10-16(13-19(18)27-2)22-20(24)17-9-6-12-23(17)21(25)28-14-15-7-4-3-5-8-15/h3-5,7-8,10-11,13,17H,6,9,12,14H2,1-2H3,(H,22,24). The van der Waals surface area contributed by atoms with Crippen LogP contribution < -0.4 is 14.8 Å². The average molecular weight is 384 g/mol. The van der Waals surface area contributed by atoms with E-state index < -0.39 is 12.1 Å². The van der Waals surface area contributed by atoms with Gasteiger partial charge in [-0.3, -0.25) is 9.69 Å². The van der Waals surface area contributed by atoms with Gasteiger partial charge in [0.25, 0.3) is 0 Å². The van der Waals surface area contributed by atoms with E-state index in [4.69, 9.17) is 14.2 Å². The number of carbonyl (C=O) groups excluding carboxylic acids is 2.